The largest absolute Gasteiger partial charge is 0.379 e. The van der Waals surface area contributed by atoms with Gasteiger partial charge >= 0.3 is 0 Å². The van der Waals surface area contributed by atoms with E-state index in [9.17, 15) is 4.79 Å². The average molecular weight is 244 g/mol. The first-order valence-electron chi connectivity index (χ1n) is 6.31. The predicted molar refractivity (Wildman–Crippen MR) is 69.8 cm³/mol. The van der Waals surface area contributed by atoms with Crippen molar-refractivity contribution in [2.75, 3.05) is 13.2 Å². The zero-order valence-corrected chi connectivity index (χ0v) is 10.4. The molecule has 0 N–H and O–H groups in total. The quantitative estimate of drug-likeness (QED) is 0.771. The molecule has 1 fully saturated rings. The first-order chi connectivity index (χ1) is 8.75. The van der Waals surface area contributed by atoms with Crippen LogP contribution in [0.1, 0.15) is 24.4 Å². The Bertz CT molecular complexity index is 627. The minimum atomic E-state index is -0.00769. The third-order valence-electron chi connectivity index (χ3n) is 3.45. The lowest BCUT2D eigenvalue weighted by molar-refractivity contribution is 0.0533. The van der Waals surface area contributed by atoms with E-state index in [0.717, 1.165) is 35.8 Å². The number of rotatable bonds is 1. The smallest absolute Gasteiger partial charge is 0.274 e. The van der Waals surface area contributed by atoms with Gasteiger partial charge < -0.3 is 4.74 Å². The monoisotopic (exact) mass is 244 g/mol. The summed E-state index contributed by atoms with van der Waals surface area (Å²) in [5, 5.41) is 5.93. The van der Waals surface area contributed by atoms with Crippen LogP contribution in [0.5, 0.6) is 0 Å². The molecule has 4 nitrogen and oxygen atoms in total. The predicted octanol–water partition coefficient (Wildman–Crippen LogP) is 2.06. The third kappa shape index (κ3) is 1.93. The van der Waals surface area contributed by atoms with Gasteiger partial charge in [0.05, 0.1) is 24.2 Å². The highest BCUT2D eigenvalue weighted by atomic mass is 16.5. The summed E-state index contributed by atoms with van der Waals surface area (Å²) in [5.74, 6) is 0. The van der Waals surface area contributed by atoms with Crippen molar-refractivity contribution in [3.05, 3.63) is 40.3 Å². The molecule has 2 heterocycles. The Morgan fingerprint density at radius 2 is 2.33 bits per heavy atom. The summed E-state index contributed by atoms with van der Waals surface area (Å²) in [4.78, 5) is 12.4. The van der Waals surface area contributed by atoms with Crippen LogP contribution in [0, 0.1) is 6.92 Å². The van der Waals surface area contributed by atoms with E-state index < -0.39 is 0 Å². The Labute approximate surface area is 105 Å². The fourth-order valence-electron chi connectivity index (χ4n) is 2.44. The Balaban J connectivity index is 2.13. The van der Waals surface area contributed by atoms with Gasteiger partial charge in [0, 0.05) is 12.0 Å². The lowest BCUT2D eigenvalue weighted by Crippen LogP contribution is -2.32. The number of hydrogen-bond donors (Lipinski definition) is 0. The fraction of sp³-hybridized carbons (Fsp3) is 0.429. The van der Waals surface area contributed by atoms with Crippen molar-refractivity contribution < 1.29 is 4.74 Å². The van der Waals surface area contributed by atoms with E-state index in [-0.39, 0.29) is 11.6 Å². The van der Waals surface area contributed by atoms with Gasteiger partial charge in [0.2, 0.25) is 0 Å². The highest BCUT2D eigenvalue weighted by molar-refractivity contribution is 5.81. The van der Waals surface area contributed by atoms with Gasteiger partial charge in [0.25, 0.3) is 5.56 Å². The third-order valence-corrected chi connectivity index (χ3v) is 3.45. The number of fused-ring (bicyclic) bond motifs is 1. The Morgan fingerprint density at radius 3 is 3.11 bits per heavy atom. The molecular formula is C14H16N2O2. The molecular weight excluding hydrogens is 228 g/mol. The lowest BCUT2D eigenvalue weighted by Gasteiger charge is -2.23. The number of benzene rings is 1. The molecule has 0 saturated carbocycles. The molecule has 1 aliphatic rings. The molecule has 94 valence electrons. The van der Waals surface area contributed by atoms with Crippen LogP contribution in [0.2, 0.25) is 0 Å². The van der Waals surface area contributed by atoms with Gasteiger partial charge in [-0.1, -0.05) is 17.7 Å². The van der Waals surface area contributed by atoms with E-state index in [1.54, 1.807) is 10.9 Å². The number of nitrogens with zero attached hydrogens (tertiary/aromatic N) is 2. The van der Waals surface area contributed by atoms with Gasteiger partial charge in [0.1, 0.15) is 0 Å². The lowest BCUT2D eigenvalue weighted by atomic mass is 10.1. The van der Waals surface area contributed by atoms with Crippen molar-refractivity contribution in [1.29, 1.82) is 0 Å². The second-order valence-electron chi connectivity index (χ2n) is 4.86. The van der Waals surface area contributed by atoms with Crippen molar-refractivity contribution >= 4 is 10.8 Å². The van der Waals surface area contributed by atoms with E-state index in [1.165, 1.54) is 0 Å². The van der Waals surface area contributed by atoms with E-state index >= 15 is 0 Å². The molecule has 18 heavy (non-hydrogen) atoms. The minimum Gasteiger partial charge on any atom is -0.379 e. The molecule has 0 radical (unpaired) electrons. The van der Waals surface area contributed by atoms with Crippen LogP contribution in [0.4, 0.5) is 0 Å². The molecule has 0 amide bonds. The van der Waals surface area contributed by atoms with Crippen molar-refractivity contribution in [1.82, 2.24) is 9.78 Å². The van der Waals surface area contributed by atoms with Gasteiger partial charge in [-0.3, -0.25) is 4.79 Å². The number of ether oxygens (including phenoxy) is 1. The first-order valence-corrected chi connectivity index (χ1v) is 6.31. The molecule has 2 aromatic rings. The second-order valence-corrected chi connectivity index (χ2v) is 4.86. The highest BCUT2D eigenvalue weighted by Gasteiger charge is 2.18. The van der Waals surface area contributed by atoms with E-state index in [4.69, 9.17) is 4.74 Å². The topological polar surface area (TPSA) is 44.1 Å². The Morgan fingerprint density at radius 1 is 1.44 bits per heavy atom. The summed E-state index contributed by atoms with van der Waals surface area (Å²) in [5.41, 5.74) is 1.09. The number of hydrogen-bond acceptors (Lipinski definition) is 3. The van der Waals surface area contributed by atoms with Crippen molar-refractivity contribution in [3.8, 4) is 0 Å². The molecule has 0 aliphatic carbocycles. The van der Waals surface area contributed by atoms with Gasteiger partial charge in [0.15, 0.2) is 0 Å². The summed E-state index contributed by atoms with van der Waals surface area (Å²) in [6, 6.07) is 5.95. The standard InChI is InChI=1S/C14H16N2O2/c1-10-4-5-11-8-15-16(14(17)13(11)7-10)12-3-2-6-18-9-12/h4-5,7-8,12H,2-3,6,9H2,1H3. The maximum Gasteiger partial charge on any atom is 0.274 e. The van der Waals surface area contributed by atoms with Crippen LogP contribution in [0.3, 0.4) is 0 Å². The molecule has 3 rings (SSSR count). The summed E-state index contributed by atoms with van der Waals surface area (Å²) in [7, 11) is 0. The number of aromatic nitrogens is 2. The van der Waals surface area contributed by atoms with Gasteiger partial charge in [-0.05, 0) is 25.8 Å². The molecule has 4 heteroatoms. The van der Waals surface area contributed by atoms with E-state index in [0.29, 0.717) is 6.61 Å². The summed E-state index contributed by atoms with van der Waals surface area (Å²) < 4.78 is 7.01. The van der Waals surface area contributed by atoms with Gasteiger partial charge in [-0.15, -0.1) is 0 Å². The normalized spacial score (nSPS) is 20.2. The summed E-state index contributed by atoms with van der Waals surface area (Å²) in [6.07, 6.45) is 3.72. The Kier molecular flexibility index (Phi) is 2.88. The van der Waals surface area contributed by atoms with Gasteiger partial charge in [-0.25, -0.2) is 4.68 Å². The average Bonchev–Trinajstić information content (AvgIpc) is 2.41. The molecule has 1 aliphatic heterocycles. The summed E-state index contributed by atoms with van der Waals surface area (Å²) >= 11 is 0. The van der Waals surface area contributed by atoms with Crippen LogP contribution in [0.25, 0.3) is 10.8 Å². The molecule has 0 bridgehead atoms. The van der Waals surface area contributed by atoms with Gasteiger partial charge in [-0.2, -0.15) is 5.10 Å². The van der Waals surface area contributed by atoms with E-state index in [1.807, 2.05) is 25.1 Å². The maximum absolute atomic E-state index is 12.4. The first kappa shape index (κ1) is 11.4. The van der Waals surface area contributed by atoms with Crippen LogP contribution in [-0.2, 0) is 4.74 Å². The molecule has 1 atom stereocenters. The second kappa shape index (κ2) is 4.53. The van der Waals surface area contributed by atoms with Crippen molar-refractivity contribution in [3.63, 3.8) is 0 Å². The minimum absolute atomic E-state index is 0.00769. The van der Waals surface area contributed by atoms with Crippen LogP contribution in [0.15, 0.2) is 29.2 Å². The van der Waals surface area contributed by atoms with Crippen molar-refractivity contribution in [2.45, 2.75) is 25.8 Å². The molecule has 0 spiro atoms. The van der Waals surface area contributed by atoms with Crippen LogP contribution in [-0.4, -0.2) is 23.0 Å². The maximum atomic E-state index is 12.4. The fourth-order valence-corrected chi connectivity index (χ4v) is 2.44. The zero-order valence-electron chi connectivity index (χ0n) is 10.4. The van der Waals surface area contributed by atoms with Crippen molar-refractivity contribution in [2.24, 2.45) is 0 Å². The van der Waals surface area contributed by atoms with E-state index in [2.05, 4.69) is 5.10 Å². The SMILES string of the molecule is Cc1ccc2cnn(C3CCCOC3)c(=O)c2c1. The molecule has 1 aromatic heterocycles. The van der Waals surface area contributed by atoms with Crippen LogP contribution >= 0.6 is 0 Å². The molecule has 1 unspecified atom stereocenters. The molecule has 1 saturated heterocycles. The highest BCUT2D eigenvalue weighted by Crippen LogP contribution is 2.18. The Hall–Kier alpha value is -1.68. The van der Waals surface area contributed by atoms with Crippen LogP contribution < -0.4 is 5.56 Å². The summed E-state index contributed by atoms with van der Waals surface area (Å²) in [6.45, 7) is 3.37. The molecule has 1 aromatic carbocycles. The zero-order chi connectivity index (χ0) is 12.5. The number of aryl methyl sites for hydroxylation is 1.